The fraction of sp³-hybridized carbons (Fsp3) is 0.667. The van der Waals surface area contributed by atoms with Crippen molar-refractivity contribution in [1.29, 1.82) is 0 Å². The van der Waals surface area contributed by atoms with Gasteiger partial charge in [-0.1, -0.05) is 0 Å². The Hall–Kier alpha value is -1.40. The van der Waals surface area contributed by atoms with E-state index in [0.29, 0.717) is 0 Å². The van der Waals surface area contributed by atoms with Gasteiger partial charge >= 0.3 is 11.9 Å². The Kier molecular flexibility index (Phi) is 3.16. The van der Waals surface area contributed by atoms with Gasteiger partial charge in [0.2, 0.25) is 0 Å². The van der Waals surface area contributed by atoms with Gasteiger partial charge in [0.25, 0.3) is 0 Å². The first-order chi connectivity index (χ1) is 8.28. The van der Waals surface area contributed by atoms with Crippen LogP contribution in [0.15, 0.2) is 11.6 Å². The highest BCUT2D eigenvalue weighted by Crippen LogP contribution is 2.37. The molecule has 0 aromatic rings. The van der Waals surface area contributed by atoms with Gasteiger partial charge in [-0.25, -0.2) is 4.79 Å². The minimum absolute atomic E-state index is 0.134. The van der Waals surface area contributed by atoms with Crippen LogP contribution >= 0.6 is 0 Å². The van der Waals surface area contributed by atoms with Crippen LogP contribution in [0.4, 0.5) is 0 Å². The number of hydrogen-bond donors (Lipinski definition) is 1. The number of carboxylic acids is 1. The summed E-state index contributed by atoms with van der Waals surface area (Å²) < 4.78 is 16.4. The van der Waals surface area contributed by atoms with Crippen LogP contribution in [-0.4, -0.2) is 41.1 Å². The van der Waals surface area contributed by atoms with E-state index in [0.717, 1.165) is 0 Å². The molecule has 2 rings (SSSR count). The second-order valence-corrected chi connectivity index (χ2v) is 4.91. The highest BCUT2D eigenvalue weighted by molar-refractivity contribution is 5.87. The summed E-state index contributed by atoms with van der Waals surface area (Å²) in [5, 5.41) is 9.04. The first-order valence-corrected chi connectivity index (χ1v) is 5.75. The number of hydrogen-bond acceptors (Lipinski definition) is 5. The van der Waals surface area contributed by atoms with E-state index in [1.165, 1.54) is 13.0 Å². The fourth-order valence-corrected chi connectivity index (χ4v) is 2.31. The number of ether oxygens (including phenoxy) is 3. The van der Waals surface area contributed by atoms with E-state index in [1.807, 2.05) is 0 Å². The van der Waals surface area contributed by atoms with Crippen LogP contribution in [0.3, 0.4) is 0 Å². The van der Waals surface area contributed by atoms with Gasteiger partial charge in [-0.05, 0) is 19.9 Å². The average molecular weight is 256 g/mol. The Bertz CT molecular complexity index is 411. The smallest absolute Gasteiger partial charge is 0.331 e. The van der Waals surface area contributed by atoms with Crippen LogP contribution < -0.4 is 0 Å². The minimum Gasteiger partial charge on any atom is -0.478 e. The van der Waals surface area contributed by atoms with Gasteiger partial charge in [0.1, 0.15) is 18.3 Å². The molecule has 0 aromatic carbocycles. The number of esters is 1. The van der Waals surface area contributed by atoms with Crippen molar-refractivity contribution in [1.82, 2.24) is 0 Å². The molecule has 1 fully saturated rings. The summed E-state index contributed by atoms with van der Waals surface area (Å²) in [6.45, 7) is 4.77. The summed E-state index contributed by atoms with van der Waals surface area (Å²) in [6.07, 6.45) is 0.0960. The summed E-state index contributed by atoms with van der Waals surface area (Å²) in [7, 11) is 0. The van der Waals surface area contributed by atoms with E-state index in [4.69, 9.17) is 19.3 Å². The van der Waals surface area contributed by atoms with E-state index in [1.54, 1.807) is 13.8 Å². The number of carboxylic acid groups (broad SMARTS) is 1. The molecule has 0 unspecified atom stereocenters. The third-order valence-electron chi connectivity index (χ3n) is 2.91. The molecule has 0 bridgehead atoms. The Balaban J connectivity index is 2.25. The molecule has 0 saturated carbocycles. The molecule has 6 heteroatoms. The molecule has 2 aliphatic rings. The second-order valence-electron chi connectivity index (χ2n) is 4.91. The molecule has 100 valence electrons. The van der Waals surface area contributed by atoms with Crippen LogP contribution in [0.1, 0.15) is 27.2 Å². The molecule has 1 aliphatic carbocycles. The maximum atomic E-state index is 11.1. The molecule has 0 spiro atoms. The van der Waals surface area contributed by atoms with Crippen LogP contribution in [-0.2, 0) is 23.8 Å². The van der Waals surface area contributed by atoms with Crippen molar-refractivity contribution in [3.63, 3.8) is 0 Å². The zero-order chi connectivity index (χ0) is 13.5. The lowest BCUT2D eigenvalue weighted by atomic mass is 9.92. The highest BCUT2D eigenvalue weighted by Gasteiger charge is 2.48. The lowest BCUT2D eigenvalue weighted by molar-refractivity contribution is -0.169. The van der Waals surface area contributed by atoms with Gasteiger partial charge in [-0.15, -0.1) is 0 Å². The van der Waals surface area contributed by atoms with E-state index >= 15 is 0 Å². The molecular weight excluding hydrogens is 240 g/mol. The molecule has 0 radical (unpaired) electrons. The second kappa shape index (κ2) is 4.37. The summed E-state index contributed by atoms with van der Waals surface area (Å²) >= 11 is 0. The van der Waals surface area contributed by atoms with Gasteiger partial charge in [-0.3, -0.25) is 4.79 Å². The third-order valence-corrected chi connectivity index (χ3v) is 2.91. The summed E-state index contributed by atoms with van der Waals surface area (Å²) in [5.74, 6) is -2.30. The number of carbonyl (C=O) groups excluding carboxylic acids is 1. The van der Waals surface area contributed by atoms with Crippen molar-refractivity contribution in [2.45, 2.75) is 51.3 Å². The molecule has 6 nitrogen and oxygen atoms in total. The predicted molar refractivity (Wildman–Crippen MR) is 59.7 cm³/mol. The molecular formula is C12H16O6. The van der Waals surface area contributed by atoms with Gasteiger partial charge < -0.3 is 19.3 Å². The van der Waals surface area contributed by atoms with Crippen molar-refractivity contribution in [3.8, 4) is 0 Å². The first-order valence-electron chi connectivity index (χ1n) is 5.75. The molecule has 1 aliphatic heterocycles. The van der Waals surface area contributed by atoms with Crippen LogP contribution in [0.2, 0.25) is 0 Å². The maximum absolute atomic E-state index is 11.1. The molecule has 1 N–H and O–H groups in total. The van der Waals surface area contributed by atoms with Crippen molar-refractivity contribution in [2.75, 3.05) is 0 Å². The number of aliphatic carboxylic acids is 1. The Morgan fingerprint density at radius 3 is 2.67 bits per heavy atom. The molecule has 0 amide bonds. The molecule has 18 heavy (non-hydrogen) atoms. The summed E-state index contributed by atoms with van der Waals surface area (Å²) in [4.78, 5) is 22.1. The van der Waals surface area contributed by atoms with E-state index in [2.05, 4.69) is 0 Å². The normalized spacial score (nSPS) is 33.5. The lowest BCUT2D eigenvalue weighted by Gasteiger charge is -2.29. The Labute approximate surface area is 105 Å². The monoisotopic (exact) mass is 256 g/mol. The van der Waals surface area contributed by atoms with Crippen LogP contribution in [0.5, 0.6) is 0 Å². The van der Waals surface area contributed by atoms with Crippen molar-refractivity contribution < 1.29 is 28.9 Å². The van der Waals surface area contributed by atoms with Gasteiger partial charge in [-0.2, -0.15) is 0 Å². The summed E-state index contributed by atoms with van der Waals surface area (Å²) in [6, 6.07) is 0. The van der Waals surface area contributed by atoms with Gasteiger partial charge in [0, 0.05) is 18.9 Å². The first kappa shape index (κ1) is 13.0. The number of carbonyl (C=O) groups is 2. The van der Waals surface area contributed by atoms with Crippen LogP contribution in [0, 0.1) is 0 Å². The summed E-state index contributed by atoms with van der Waals surface area (Å²) in [5.41, 5.74) is 0.184. The number of rotatable bonds is 2. The van der Waals surface area contributed by atoms with Crippen molar-refractivity contribution in [3.05, 3.63) is 11.6 Å². The fourth-order valence-electron chi connectivity index (χ4n) is 2.31. The number of fused-ring (bicyclic) bond motifs is 1. The standard InChI is InChI=1S/C12H16O6/c1-6(13)16-8-4-7(11(14)15)5-9-10(8)18-12(2,3)17-9/h5,8-10H,4H2,1-3H3,(H,14,15)/t8-,9-,10+/m1/s1. The third kappa shape index (κ3) is 2.54. The van der Waals surface area contributed by atoms with Crippen molar-refractivity contribution >= 4 is 11.9 Å². The molecule has 3 atom stereocenters. The predicted octanol–water partition coefficient (Wildman–Crippen LogP) is 0.853. The molecule has 0 aromatic heterocycles. The van der Waals surface area contributed by atoms with E-state index in [9.17, 15) is 9.59 Å². The highest BCUT2D eigenvalue weighted by atomic mass is 16.8. The van der Waals surface area contributed by atoms with E-state index < -0.39 is 36.0 Å². The lowest BCUT2D eigenvalue weighted by Crippen LogP contribution is -2.41. The Morgan fingerprint density at radius 1 is 1.44 bits per heavy atom. The zero-order valence-corrected chi connectivity index (χ0v) is 10.5. The molecule has 1 heterocycles. The average Bonchev–Trinajstić information content (AvgIpc) is 2.51. The zero-order valence-electron chi connectivity index (χ0n) is 10.5. The quantitative estimate of drug-likeness (QED) is 0.738. The molecule has 1 saturated heterocycles. The van der Waals surface area contributed by atoms with Gasteiger partial charge in [0.15, 0.2) is 5.79 Å². The SMILES string of the molecule is CC(=O)O[C@@H]1CC(C(=O)O)=C[C@H]2OC(C)(C)O[C@H]21. The van der Waals surface area contributed by atoms with Crippen LogP contribution in [0.25, 0.3) is 0 Å². The minimum atomic E-state index is -1.03. The van der Waals surface area contributed by atoms with Crippen molar-refractivity contribution in [2.24, 2.45) is 0 Å². The Morgan fingerprint density at radius 2 is 2.11 bits per heavy atom. The topological polar surface area (TPSA) is 82.1 Å². The van der Waals surface area contributed by atoms with Gasteiger partial charge in [0.05, 0.1) is 0 Å². The van der Waals surface area contributed by atoms with E-state index in [-0.39, 0.29) is 12.0 Å². The largest absolute Gasteiger partial charge is 0.478 e. The maximum Gasteiger partial charge on any atom is 0.331 e.